The highest BCUT2D eigenvalue weighted by atomic mass is 35.5. The number of anilines is 1. The number of hydrogen-bond acceptors (Lipinski definition) is 7. The molecule has 11 heteroatoms. The highest BCUT2D eigenvalue weighted by Crippen LogP contribution is 2.40. The lowest BCUT2D eigenvalue weighted by molar-refractivity contribution is -0.137. The van der Waals surface area contributed by atoms with Gasteiger partial charge in [0.2, 0.25) is 5.95 Å². The highest BCUT2D eigenvalue weighted by molar-refractivity contribution is 6.30. The molecule has 7 nitrogen and oxygen atoms in total. The lowest BCUT2D eigenvalue weighted by Crippen LogP contribution is -2.39. The van der Waals surface area contributed by atoms with Crippen LogP contribution in [0.1, 0.15) is 34.3 Å². The Morgan fingerprint density at radius 1 is 1.00 bits per heavy atom. The molecule has 5 rings (SSSR count). The van der Waals surface area contributed by atoms with Crippen molar-refractivity contribution in [3.8, 4) is 11.3 Å². The van der Waals surface area contributed by atoms with Gasteiger partial charge in [-0.15, -0.1) is 0 Å². The van der Waals surface area contributed by atoms with Gasteiger partial charge < -0.3 is 9.64 Å². The van der Waals surface area contributed by atoms with Crippen LogP contribution in [-0.2, 0) is 10.9 Å². The first-order chi connectivity index (χ1) is 17.1. The molecular weight excluding hydrogens is 493 g/mol. The molecule has 1 saturated heterocycles. The van der Waals surface area contributed by atoms with Crippen molar-refractivity contribution in [3.05, 3.63) is 69.8 Å². The molecule has 1 aromatic carbocycles. The lowest BCUT2D eigenvalue weighted by atomic mass is 10.0. The first-order valence-corrected chi connectivity index (χ1v) is 11.7. The predicted octanol–water partition coefficient (Wildman–Crippen LogP) is 5.66. The fraction of sp³-hybridized carbons (Fsp3) is 0.320. The molecule has 0 bridgehead atoms. The minimum atomic E-state index is -4.64. The fourth-order valence-corrected chi connectivity index (χ4v) is 4.36. The minimum Gasteiger partial charge on any atom is -0.370 e. The molecule has 3 aromatic heterocycles. The van der Waals surface area contributed by atoms with Crippen molar-refractivity contribution in [3.63, 3.8) is 0 Å². The van der Waals surface area contributed by atoms with Crippen molar-refractivity contribution in [1.82, 2.24) is 24.9 Å². The van der Waals surface area contributed by atoms with E-state index < -0.39 is 11.7 Å². The van der Waals surface area contributed by atoms with Crippen LogP contribution in [-0.4, -0.2) is 44.6 Å². The van der Waals surface area contributed by atoms with Gasteiger partial charge in [0, 0.05) is 29.0 Å². The smallest absolute Gasteiger partial charge is 0.370 e. The van der Waals surface area contributed by atoms with E-state index in [4.69, 9.17) is 16.3 Å². The van der Waals surface area contributed by atoms with E-state index in [0.29, 0.717) is 31.1 Å². The fourth-order valence-electron chi connectivity index (χ4n) is 4.19. The number of hydrogen-bond donors (Lipinski definition) is 0. The summed E-state index contributed by atoms with van der Waals surface area (Å²) in [6, 6.07) is 7.45. The molecule has 0 amide bonds. The summed E-state index contributed by atoms with van der Waals surface area (Å²) in [5.41, 5.74) is 2.49. The van der Waals surface area contributed by atoms with E-state index in [1.54, 1.807) is 20.0 Å². The predicted molar refractivity (Wildman–Crippen MR) is 130 cm³/mol. The Labute approximate surface area is 210 Å². The Kier molecular flexibility index (Phi) is 6.25. The molecule has 1 atom stereocenters. The molecule has 4 aromatic rings. The normalized spacial score (nSPS) is 16.5. The van der Waals surface area contributed by atoms with Crippen molar-refractivity contribution in [2.75, 3.05) is 24.6 Å². The van der Waals surface area contributed by atoms with Gasteiger partial charge in [-0.3, -0.25) is 4.98 Å². The van der Waals surface area contributed by atoms with E-state index in [0.717, 1.165) is 17.3 Å². The molecule has 186 valence electrons. The number of aromatic nitrogens is 5. The zero-order chi connectivity index (χ0) is 25.6. The van der Waals surface area contributed by atoms with Gasteiger partial charge in [-0.05, 0) is 50.6 Å². The maximum atomic E-state index is 14.0. The summed E-state index contributed by atoms with van der Waals surface area (Å²) in [5.74, 6) is 0.261. The van der Waals surface area contributed by atoms with Crippen LogP contribution in [0.15, 0.2) is 36.5 Å². The molecule has 4 heterocycles. The number of rotatable bonds is 3. The van der Waals surface area contributed by atoms with Crippen LogP contribution in [0.3, 0.4) is 0 Å². The molecule has 1 aliphatic rings. The van der Waals surface area contributed by atoms with Crippen molar-refractivity contribution in [2.24, 2.45) is 0 Å². The van der Waals surface area contributed by atoms with Crippen molar-refractivity contribution in [2.45, 2.75) is 33.1 Å². The Morgan fingerprint density at radius 2 is 1.78 bits per heavy atom. The number of aryl methyl sites for hydroxylation is 3. The van der Waals surface area contributed by atoms with Gasteiger partial charge in [-0.1, -0.05) is 17.7 Å². The first kappa shape index (κ1) is 24.3. The minimum absolute atomic E-state index is 0.0218. The van der Waals surface area contributed by atoms with Crippen LogP contribution in [0.5, 0.6) is 0 Å². The lowest BCUT2D eigenvalue weighted by Gasteiger charge is -2.33. The van der Waals surface area contributed by atoms with Gasteiger partial charge in [-0.2, -0.15) is 18.2 Å². The SMILES string of the molecule is Cc1cc(C2CN(c3nc(-c4ccc(Cl)cc4C(F)(F)F)c4nc(C)c(C)nc4n3)CCO2)ccn1. The average Bonchev–Trinajstić information content (AvgIpc) is 2.84. The number of pyridine rings is 1. The zero-order valence-corrected chi connectivity index (χ0v) is 20.5. The van der Waals surface area contributed by atoms with Gasteiger partial charge >= 0.3 is 6.18 Å². The standard InChI is InChI=1S/C25H22ClF3N6O/c1-13-10-16(6-7-30-13)20-12-35(8-9-36-20)24-33-21(22-23(34-24)32-15(3)14(2)31-22)18-5-4-17(26)11-19(18)25(27,28)29/h4-7,10-11,20H,8-9,12H2,1-3H3. The Morgan fingerprint density at radius 3 is 2.53 bits per heavy atom. The van der Waals surface area contributed by atoms with E-state index in [-0.39, 0.29) is 39.5 Å². The topological polar surface area (TPSA) is 76.9 Å². The van der Waals surface area contributed by atoms with E-state index in [1.807, 2.05) is 24.0 Å². The second kappa shape index (κ2) is 9.25. The van der Waals surface area contributed by atoms with Gasteiger partial charge in [0.15, 0.2) is 5.65 Å². The molecule has 0 aliphatic carbocycles. The molecule has 0 N–H and O–H groups in total. The molecule has 0 saturated carbocycles. The van der Waals surface area contributed by atoms with Gasteiger partial charge in [0.05, 0.1) is 30.1 Å². The molecule has 36 heavy (non-hydrogen) atoms. The Balaban J connectivity index is 1.66. The van der Waals surface area contributed by atoms with Crippen LogP contribution >= 0.6 is 11.6 Å². The number of morpholine rings is 1. The summed E-state index contributed by atoms with van der Waals surface area (Å²) in [7, 11) is 0. The monoisotopic (exact) mass is 514 g/mol. The summed E-state index contributed by atoms with van der Waals surface area (Å²) in [4.78, 5) is 24.4. The maximum absolute atomic E-state index is 14.0. The third kappa shape index (κ3) is 4.70. The molecular formula is C25H22ClF3N6O. The Hall–Kier alpha value is -3.37. The number of nitrogens with zero attached hydrogens (tertiary/aromatic N) is 6. The largest absolute Gasteiger partial charge is 0.417 e. The molecule has 1 aliphatic heterocycles. The summed E-state index contributed by atoms with van der Waals surface area (Å²) in [6.07, 6.45) is -3.19. The first-order valence-electron chi connectivity index (χ1n) is 11.3. The van der Waals surface area contributed by atoms with E-state index in [2.05, 4.69) is 24.9 Å². The quantitative estimate of drug-likeness (QED) is 0.349. The molecule has 1 fully saturated rings. The van der Waals surface area contributed by atoms with Crippen molar-refractivity contribution >= 4 is 28.7 Å². The van der Waals surface area contributed by atoms with Gasteiger partial charge in [-0.25, -0.2) is 15.0 Å². The summed E-state index contributed by atoms with van der Waals surface area (Å²) in [5, 5.41) is -0.0218. The second-order valence-electron chi connectivity index (χ2n) is 8.66. The number of halogens is 4. The van der Waals surface area contributed by atoms with E-state index in [9.17, 15) is 13.2 Å². The third-order valence-corrected chi connectivity index (χ3v) is 6.35. The van der Waals surface area contributed by atoms with E-state index >= 15 is 0 Å². The summed E-state index contributed by atoms with van der Waals surface area (Å²) < 4.78 is 48.0. The second-order valence-corrected chi connectivity index (χ2v) is 9.10. The average molecular weight is 515 g/mol. The number of ether oxygens (including phenoxy) is 1. The van der Waals surface area contributed by atoms with Crippen LogP contribution < -0.4 is 4.90 Å². The van der Waals surface area contributed by atoms with Gasteiger partial charge in [0.1, 0.15) is 17.3 Å². The highest BCUT2D eigenvalue weighted by Gasteiger charge is 2.35. The van der Waals surface area contributed by atoms with Crippen LogP contribution in [0, 0.1) is 20.8 Å². The summed E-state index contributed by atoms with van der Waals surface area (Å²) >= 11 is 5.93. The number of fused-ring (bicyclic) bond motifs is 1. The summed E-state index contributed by atoms with van der Waals surface area (Å²) in [6.45, 7) is 6.71. The van der Waals surface area contributed by atoms with Crippen LogP contribution in [0.4, 0.5) is 19.1 Å². The van der Waals surface area contributed by atoms with E-state index in [1.165, 1.54) is 12.1 Å². The van der Waals surface area contributed by atoms with Crippen LogP contribution in [0.25, 0.3) is 22.4 Å². The molecule has 1 unspecified atom stereocenters. The van der Waals surface area contributed by atoms with Crippen molar-refractivity contribution < 1.29 is 17.9 Å². The van der Waals surface area contributed by atoms with Crippen LogP contribution in [0.2, 0.25) is 5.02 Å². The molecule has 0 radical (unpaired) electrons. The van der Waals surface area contributed by atoms with Gasteiger partial charge in [0.25, 0.3) is 0 Å². The third-order valence-electron chi connectivity index (χ3n) is 6.11. The van der Waals surface area contributed by atoms with Crippen molar-refractivity contribution in [1.29, 1.82) is 0 Å². The number of alkyl halides is 3. The Bertz CT molecular complexity index is 1460. The maximum Gasteiger partial charge on any atom is 0.417 e. The number of benzene rings is 1. The zero-order valence-electron chi connectivity index (χ0n) is 19.8. The molecule has 0 spiro atoms.